The summed E-state index contributed by atoms with van der Waals surface area (Å²) in [6.45, 7) is 1.25. The zero-order valence-electron chi connectivity index (χ0n) is 19.9. The Balaban J connectivity index is 1.72. The molecule has 0 atom stereocenters. The van der Waals surface area contributed by atoms with Crippen LogP contribution in [0.1, 0.15) is 35.0 Å². The van der Waals surface area contributed by atoms with E-state index in [-0.39, 0.29) is 23.6 Å². The van der Waals surface area contributed by atoms with Crippen LogP contribution >= 0.6 is 0 Å². The first-order valence-corrected chi connectivity index (χ1v) is 11.6. The summed E-state index contributed by atoms with van der Waals surface area (Å²) < 4.78 is 48.2. The molecule has 3 aromatic carbocycles. The van der Waals surface area contributed by atoms with Crippen LogP contribution in [0, 0.1) is 0 Å². The molecule has 8 heteroatoms. The molecule has 186 valence electrons. The third-order valence-electron chi connectivity index (χ3n) is 5.90. The summed E-state index contributed by atoms with van der Waals surface area (Å²) in [6.07, 6.45) is -2.58. The summed E-state index contributed by atoms with van der Waals surface area (Å²) in [4.78, 5) is 21.6. The van der Waals surface area contributed by atoms with E-state index in [2.05, 4.69) is 4.98 Å². The van der Waals surface area contributed by atoms with Crippen molar-refractivity contribution in [2.45, 2.75) is 25.9 Å². The number of hydrogen-bond donors (Lipinski definition) is 0. The first-order chi connectivity index (χ1) is 17.8. The Kier molecular flexibility index (Phi) is 6.48. The molecule has 5 aromatic rings. The highest BCUT2D eigenvalue weighted by molar-refractivity contribution is 5.71. The SMILES string of the molecule is CC(=O)Oc1c(Cc2ccccc2C(F)(F)F)nc2c(Cc3ccccc3)nc(-c3ccccc3)cn12. The minimum Gasteiger partial charge on any atom is -0.407 e. The maximum Gasteiger partial charge on any atom is 0.416 e. The van der Waals surface area contributed by atoms with Crippen LogP contribution in [0.2, 0.25) is 0 Å². The molecule has 0 radical (unpaired) electrons. The first-order valence-electron chi connectivity index (χ1n) is 11.6. The van der Waals surface area contributed by atoms with Gasteiger partial charge in [-0.15, -0.1) is 0 Å². The number of fused-ring (bicyclic) bond motifs is 1. The number of carbonyl (C=O) groups excluding carboxylic acids is 1. The highest BCUT2D eigenvalue weighted by Crippen LogP contribution is 2.35. The van der Waals surface area contributed by atoms with E-state index in [1.165, 1.54) is 19.1 Å². The van der Waals surface area contributed by atoms with E-state index in [0.29, 0.717) is 23.5 Å². The Morgan fingerprint density at radius 1 is 0.838 bits per heavy atom. The minimum absolute atomic E-state index is 0.0349. The smallest absolute Gasteiger partial charge is 0.407 e. The number of benzene rings is 3. The van der Waals surface area contributed by atoms with Crippen molar-refractivity contribution in [3.05, 3.63) is 119 Å². The Morgan fingerprint density at radius 2 is 1.49 bits per heavy atom. The number of nitrogens with zero attached hydrogens (tertiary/aromatic N) is 3. The molecule has 37 heavy (non-hydrogen) atoms. The van der Waals surface area contributed by atoms with Crippen LogP contribution in [0.5, 0.6) is 5.88 Å². The number of ether oxygens (including phenoxy) is 1. The third kappa shape index (κ3) is 5.23. The molecular formula is C29H22F3N3O2. The maximum absolute atomic E-state index is 13.7. The van der Waals surface area contributed by atoms with Crippen LogP contribution in [-0.4, -0.2) is 20.3 Å². The van der Waals surface area contributed by atoms with Gasteiger partial charge >= 0.3 is 12.1 Å². The lowest BCUT2D eigenvalue weighted by Crippen LogP contribution is -2.10. The predicted molar refractivity (Wildman–Crippen MR) is 133 cm³/mol. The molecule has 0 saturated carbocycles. The van der Waals surface area contributed by atoms with Gasteiger partial charge in [-0.05, 0) is 17.2 Å². The third-order valence-corrected chi connectivity index (χ3v) is 5.90. The molecular weight excluding hydrogens is 479 g/mol. The van der Waals surface area contributed by atoms with Crippen molar-refractivity contribution in [3.63, 3.8) is 0 Å². The maximum atomic E-state index is 13.7. The molecule has 0 aliphatic heterocycles. The van der Waals surface area contributed by atoms with Crippen molar-refractivity contribution in [2.75, 3.05) is 0 Å². The Morgan fingerprint density at radius 3 is 2.16 bits per heavy atom. The molecule has 0 fully saturated rings. The van der Waals surface area contributed by atoms with Gasteiger partial charge in [-0.3, -0.25) is 9.20 Å². The van der Waals surface area contributed by atoms with Gasteiger partial charge in [-0.2, -0.15) is 13.2 Å². The van der Waals surface area contributed by atoms with Gasteiger partial charge in [0.1, 0.15) is 5.69 Å². The van der Waals surface area contributed by atoms with Crippen LogP contribution in [0.4, 0.5) is 13.2 Å². The number of rotatable bonds is 6. The topological polar surface area (TPSA) is 56.5 Å². The first kappa shape index (κ1) is 24.2. The van der Waals surface area contributed by atoms with Gasteiger partial charge < -0.3 is 4.74 Å². The minimum atomic E-state index is -4.53. The van der Waals surface area contributed by atoms with Gasteiger partial charge in [0, 0.05) is 31.5 Å². The zero-order valence-corrected chi connectivity index (χ0v) is 19.9. The molecule has 0 saturated heterocycles. The van der Waals surface area contributed by atoms with Crippen LogP contribution in [-0.2, 0) is 23.8 Å². The number of imidazole rings is 1. The molecule has 2 aromatic heterocycles. The van der Waals surface area contributed by atoms with E-state index in [1.807, 2.05) is 60.7 Å². The summed E-state index contributed by atoms with van der Waals surface area (Å²) in [5.41, 5.74) is 2.96. The molecule has 0 bridgehead atoms. The summed E-state index contributed by atoms with van der Waals surface area (Å²) >= 11 is 0. The number of alkyl halides is 3. The van der Waals surface area contributed by atoms with E-state index >= 15 is 0 Å². The fourth-order valence-electron chi connectivity index (χ4n) is 4.28. The van der Waals surface area contributed by atoms with E-state index in [1.54, 1.807) is 16.7 Å². The number of halogens is 3. The average Bonchev–Trinajstić information content (AvgIpc) is 3.21. The monoisotopic (exact) mass is 501 g/mol. The largest absolute Gasteiger partial charge is 0.416 e. The van der Waals surface area contributed by atoms with Gasteiger partial charge in [0.25, 0.3) is 0 Å². The van der Waals surface area contributed by atoms with Gasteiger partial charge in [0.05, 0.1) is 17.0 Å². The van der Waals surface area contributed by atoms with E-state index < -0.39 is 17.7 Å². The molecule has 0 amide bonds. The summed E-state index contributed by atoms with van der Waals surface area (Å²) in [5, 5.41) is 0. The number of esters is 1. The summed E-state index contributed by atoms with van der Waals surface area (Å²) in [5.74, 6) is -0.525. The lowest BCUT2D eigenvalue weighted by molar-refractivity contribution is -0.138. The average molecular weight is 502 g/mol. The standard InChI is InChI=1S/C29H22F3N3O2/c1-19(36)37-28-25(17-22-14-8-9-15-23(22)29(30,31)32)34-27-24(16-20-10-4-2-5-11-20)33-26(18-35(27)28)21-12-6-3-7-13-21/h2-15,18H,16-17H2,1H3. The fraction of sp³-hybridized carbons (Fsp3) is 0.138. The van der Waals surface area contributed by atoms with Gasteiger partial charge in [0.15, 0.2) is 5.65 Å². The molecule has 5 rings (SSSR count). The Bertz CT molecular complexity index is 1560. The second-order valence-electron chi connectivity index (χ2n) is 8.58. The molecule has 2 heterocycles. The van der Waals surface area contributed by atoms with Crippen LogP contribution in [0.15, 0.2) is 91.1 Å². The zero-order chi connectivity index (χ0) is 26.0. The quantitative estimate of drug-likeness (QED) is 0.249. The lowest BCUT2D eigenvalue weighted by Gasteiger charge is -2.12. The van der Waals surface area contributed by atoms with Gasteiger partial charge in [-0.1, -0.05) is 78.9 Å². The van der Waals surface area contributed by atoms with E-state index in [0.717, 1.165) is 17.2 Å². The van der Waals surface area contributed by atoms with E-state index in [9.17, 15) is 18.0 Å². The van der Waals surface area contributed by atoms with Crippen molar-refractivity contribution < 1.29 is 22.7 Å². The normalized spacial score (nSPS) is 11.6. The molecule has 0 aliphatic carbocycles. The Labute approximate surface area is 211 Å². The lowest BCUT2D eigenvalue weighted by atomic mass is 10.0. The second kappa shape index (κ2) is 9.89. The van der Waals surface area contributed by atoms with Crippen molar-refractivity contribution in [2.24, 2.45) is 0 Å². The number of carbonyl (C=O) groups is 1. The van der Waals surface area contributed by atoms with Crippen molar-refractivity contribution in [1.82, 2.24) is 14.4 Å². The molecule has 0 spiro atoms. The van der Waals surface area contributed by atoms with Gasteiger partial charge in [-0.25, -0.2) is 9.97 Å². The second-order valence-corrected chi connectivity index (χ2v) is 8.58. The van der Waals surface area contributed by atoms with Crippen molar-refractivity contribution in [1.29, 1.82) is 0 Å². The highest BCUT2D eigenvalue weighted by Gasteiger charge is 2.33. The molecule has 0 N–H and O–H groups in total. The van der Waals surface area contributed by atoms with E-state index in [4.69, 9.17) is 9.72 Å². The van der Waals surface area contributed by atoms with Crippen molar-refractivity contribution in [3.8, 4) is 17.1 Å². The van der Waals surface area contributed by atoms with Crippen molar-refractivity contribution >= 4 is 11.6 Å². The number of aromatic nitrogens is 3. The summed E-state index contributed by atoms with van der Waals surface area (Å²) in [6, 6.07) is 24.5. The summed E-state index contributed by atoms with van der Waals surface area (Å²) in [7, 11) is 0. The number of hydrogen-bond acceptors (Lipinski definition) is 4. The predicted octanol–water partition coefficient (Wildman–Crippen LogP) is 6.52. The molecule has 5 nitrogen and oxygen atoms in total. The van der Waals surface area contributed by atoms with Crippen LogP contribution < -0.4 is 4.74 Å². The van der Waals surface area contributed by atoms with Crippen LogP contribution in [0.25, 0.3) is 16.9 Å². The fourth-order valence-corrected chi connectivity index (χ4v) is 4.28. The van der Waals surface area contributed by atoms with Crippen LogP contribution in [0.3, 0.4) is 0 Å². The molecule has 0 aliphatic rings. The highest BCUT2D eigenvalue weighted by atomic mass is 19.4. The molecule has 0 unspecified atom stereocenters. The Hall–Kier alpha value is -4.46. The van der Waals surface area contributed by atoms with Gasteiger partial charge in [0.2, 0.25) is 5.88 Å².